The van der Waals surface area contributed by atoms with E-state index in [2.05, 4.69) is 14.9 Å². The second kappa shape index (κ2) is 6.13. The summed E-state index contributed by atoms with van der Waals surface area (Å²) >= 11 is 0. The fourth-order valence-electron chi connectivity index (χ4n) is 3.28. The molecule has 6 nitrogen and oxygen atoms in total. The summed E-state index contributed by atoms with van der Waals surface area (Å²) in [6.45, 7) is 3.93. The zero-order valence-electron chi connectivity index (χ0n) is 13.3. The van der Waals surface area contributed by atoms with Gasteiger partial charge in [0.1, 0.15) is 18.1 Å². The number of likely N-dealkylation sites (tertiary alicyclic amines) is 1. The number of carbonyl (C=O) groups is 1. The predicted octanol–water partition coefficient (Wildman–Crippen LogP) is 2.89. The van der Waals surface area contributed by atoms with Gasteiger partial charge < -0.3 is 14.8 Å². The van der Waals surface area contributed by atoms with Gasteiger partial charge in [0, 0.05) is 22.8 Å². The minimum absolute atomic E-state index is 0.0451. The zero-order chi connectivity index (χ0) is 16.5. The van der Waals surface area contributed by atoms with Crippen LogP contribution in [-0.2, 0) is 0 Å². The number of pyridine rings is 1. The van der Waals surface area contributed by atoms with E-state index in [-0.39, 0.29) is 5.69 Å². The molecule has 6 heteroatoms. The molecule has 124 valence electrons. The first-order chi connectivity index (χ1) is 11.7. The number of nitrogens with zero attached hydrogens (tertiary/aromatic N) is 2. The molecule has 24 heavy (non-hydrogen) atoms. The number of H-pyrrole nitrogens is 1. The van der Waals surface area contributed by atoms with E-state index in [1.807, 2.05) is 18.2 Å². The smallest absolute Gasteiger partial charge is 0.354 e. The van der Waals surface area contributed by atoms with Gasteiger partial charge in [0.15, 0.2) is 0 Å². The lowest BCUT2D eigenvalue weighted by atomic mass is 10.1. The zero-order valence-corrected chi connectivity index (χ0v) is 13.3. The van der Waals surface area contributed by atoms with E-state index in [1.54, 1.807) is 12.3 Å². The molecule has 1 aliphatic heterocycles. The Morgan fingerprint density at radius 1 is 1.21 bits per heavy atom. The van der Waals surface area contributed by atoms with Gasteiger partial charge in [-0.1, -0.05) is 0 Å². The van der Waals surface area contributed by atoms with Crippen LogP contribution in [0.2, 0.25) is 0 Å². The van der Waals surface area contributed by atoms with E-state index < -0.39 is 5.97 Å². The Hall–Kier alpha value is -2.60. The summed E-state index contributed by atoms with van der Waals surface area (Å²) < 4.78 is 5.88. The molecule has 0 saturated carbocycles. The van der Waals surface area contributed by atoms with E-state index in [0.29, 0.717) is 6.61 Å². The fourth-order valence-corrected chi connectivity index (χ4v) is 3.28. The molecule has 4 rings (SSSR count). The standard InChI is InChI=1S/C18H19N3O3/c22-18(23)16-10-14-13-9-12(24-8-7-21-5-1-2-6-21)3-4-15(13)20-17(14)11-19-16/h3-4,9-11,20H,1-2,5-8H2,(H,22,23). The molecule has 0 spiro atoms. The van der Waals surface area contributed by atoms with Crippen LogP contribution in [0.4, 0.5) is 0 Å². The van der Waals surface area contributed by atoms with Crippen LogP contribution in [0.5, 0.6) is 5.75 Å². The summed E-state index contributed by atoms with van der Waals surface area (Å²) in [5, 5.41) is 10.9. The van der Waals surface area contributed by atoms with Crippen LogP contribution in [-0.4, -0.2) is 52.2 Å². The Morgan fingerprint density at radius 2 is 2.00 bits per heavy atom. The van der Waals surface area contributed by atoms with Gasteiger partial charge in [0.2, 0.25) is 0 Å². The Labute approximate surface area is 139 Å². The van der Waals surface area contributed by atoms with Gasteiger partial charge in [-0.2, -0.15) is 0 Å². The van der Waals surface area contributed by atoms with Crippen molar-refractivity contribution in [3.8, 4) is 5.75 Å². The molecule has 0 amide bonds. The number of hydrogen-bond donors (Lipinski definition) is 2. The van der Waals surface area contributed by atoms with Crippen molar-refractivity contribution in [2.75, 3.05) is 26.2 Å². The maximum Gasteiger partial charge on any atom is 0.354 e. The number of ether oxygens (including phenoxy) is 1. The average Bonchev–Trinajstić information content (AvgIpc) is 3.21. The van der Waals surface area contributed by atoms with Crippen molar-refractivity contribution < 1.29 is 14.6 Å². The number of benzene rings is 1. The molecule has 0 bridgehead atoms. The van der Waals surface area contributed by atoms with E-state index >= 15 is 0 Å². The third-order valence-electron chi connectivity index (χ3n) is 4.55. The van der Waals surface area contributed by atoms with Gasteiger partial charge in [-0.25, -0.2) is 9.78 Å². The second-order valence-electron chi connectivity index (χ2n) is 6.15. The van der Waals surface area contributed by atoms with Crippen LogP contribution >= 0.6 is 0 Å². The highest BCUT2D eigenvalue weighted by molar-refractivity contribution is 6.08. The van der Waals surface area contributed by atoms with Crippen molar-refractivity contribution in [2.45, 2.75) is 12.8 Å². The van der Waals surface area contributed by atoms with E-state index in [9.17, 15) is 4.79 Å². The van der Waals surface area contributed by atoms with Crippen LogP contribution in [0.1, 0.15) is 23.3 Å². The van der Waals surface area contributed by atoms with Gasteiger partial charge >= 0.3 is 5.97 Å². The maximum absolute atomic E-state index is 11.1. The van der Waals surface area contributed by atoms with Gasteiger partial charge in [-0.3, -0.25) is 4.90 Å². The highest BCUT2D eigenvalue weighted by Gasteiger charge is 2.12. The lowest BCUT2D eigenvalue weighted by molar-refractivity contribution is 0.0690. The van der Waals surface area contributed by atoms with E-state index in [4.69, 9.17) is 9.84 Å². The Morgan fingerprint density at radius 3 is 2.79 bits per heavy atom. The minimum atomic E-state index is -1.02. The molecule has 1 aromatic carbocycles. The van der Waals surface area contributed by atoms with Crippen LogP contribution < -0.4 is 4.74 Å². The first-order valence-electron chi connectivity index (χ1n) is 8.21. The highest BCUT2D eigenvalue weighted by Crippen LogP contribution is 2.28. The lowest BCUT2D eigenvalue weighted by Gasteiger charge is -2.14. The quantitative estimate of drug-likeness (QED) is 0.754. The Kier molecular flexibility index (Phi) is 3.82. The number of aromatic nitrogens is 2. The third-order valence-corrected chi connectivity index (χ3v) is 4.55. The van der Waals surface area contributed by atoms with Crippen LogP contribution in [0, 0.1) is 0 Å². The third kappa shape index (κ3) is 2.80. The first-order valence-corrected chi connectivity index (χ1v) is 8.21. The molecule has 1 fully saturated rings. The molecule has 0 aliphatic carbocycles. The second-order valence-corrected chi connectivity index (χ2v) is 6.15. The van der Waals surface area contributed by atoms with Crippen LogP contribution in [0.15, 0.2) is 30.5 Å². The molecule has 2 aromatic heterocycles. The lowest BCUT2D eigenvalue weighted by Crippen LogP contribution is -2.25. The summed E-state index contributed by atoms with van der Waals surface area (Å²) in [5.74, 6) is -0.222. The summed E-state index contributed by atoms with van der Waals surface area (Å²) in [4.78, 5) is 20.7. The molecule has 1 saturated heterocycles. The van der Waals surface area contributed by atoms with Crippen molar-refractivity contribution in [3.05, 3.63) is 36.2 Å². The van der Waals surface area contributed by atoms with Crippen molar-refractivity contribution >= 4 is 27.8 Å². The van der Waals surface area contributed by atoms with Crippen molar-refractivity contribution in [3.63, 3.8) is 0 Å². The molecule has 0 radical (unpaired) electrons. The summed E-state index contributed by atoms with van der Waals surface area (Å²) in [5.41, 5.74) is 1.81. The monoisotopic (exact) mass is 325 g/mol. The molecular formula is C18H19N3O3. The molecule has 1 aliphatic rings. The molecule has 3 heterocycles. The molecule has 0 atom stereocenters. The Bertz CT molecular complexity index is 897. The predicted molar refractivity (Wildman–Crippen MR) is 91.7 cm³/mol. The summed E-state index contributed by atoms with van der Waals surface area (Å²) in [6, 6.07) is 7.46. The van der Waals surface area contributed by atoms with Gasteiger partial charge in [-0.15, -0.1) is 0 Å². The molecular weight excluding hydrogens is 306 g/mol. The van der Waals surface area contributed by atoms with Crippen LogP contribution in [0.3, 0.4) is 0 Å². The molecule has 3 aromatic rings. The number of carboxylic acids is 1. The molecule has 0 unspecified atom stereocenters. The number of carboxylic acid groups (broad SMARTS) is 1. The molecule has 2 N–H and O–H groups in total. The van der Waals surface area contributed by atoms with Crippen molar-refractivity contribution in [1.29, 1.82) is 0 Å². The topological polar surface area (TPSA) is 78.4 Å². The maximum atomic E-state index is 11.1. The van der Waals surface area contributed by atoms with Crippen LogP contribution in [0.25, 0.3) is 21.8 Å². The van der Waals surface area contributed by atoms with Crippen molar-refractivity contribution in [1.82, 2.24) is 14.9 Å². The fraction of sp³-hybridized carbons (Fsp3) is 0.333. The number of hydrogen-bond acceptors (Lipinski definition) is 4. The van der Waals surface area contributed by atoms with Gasteiger partial charge in [0.25, 0.3) is 0 Å². The van der Waals surface area contributed by atoms with Gasteiger partial charge in [-0.05, 0) is 50.2 Å². The van der Waals surface area contributed by atoms with E-state index in [1.165, 1.54) is 12.8 Å². The van der Waals surface area contributed by atoms with Crippen molar-refractivity contribution in [2.24, 2.45) is 0 Å². The SMILES string of the molecule is O=C(O)c1cc2c(cn1)[nH]c1ccc(OCCN3CCCC3)cc12. The number of fused-ring (bicyclic) bond motifs is 3. The average molecular weight is 325 g/mol. The first kappa shape index (κ1) is 15.0. The largest absolute Gasteiger partial charge is 0.492 e. The summed E-state index contributed by atoms with van der Waals surface area (Å²) in [6.07, 6.45) is 4.12. The number of aromatic carboxylic acids is 1. The normalized spacial score (nSPS) is 15.3. The Balaban J connectivity index is 1.59. The summed E-state index contributed by atoms with van der Waals surface area (Å²) in [7, 11) is 0. The number of nitrogens with one attached hydrogen (secondary N) is 1. The number of aromatic amines is 1. The highest BCUT2D eigenvalue weighted by atomic mass is 16.5. The number of rotatable bonds is 5. The van der Waals surface area contributed by atoms with E-state index in [0.717, 1.165) is 47.2 Å². The minimum Gasteiger partial charge on any atom is -0.492 e. The van der Waals surface area contributed by atoms with Gasteiger partial charge in [0.05, 0.1) is 11.7 Å².